The third-order valence-corrected chi connectivity index (χ3v) is 2.26. The molecule has 0 bridgehead atoms. The van der Waals surface area contributed by atoms with Crippen LogP contribution in [0.2, 0.25) is 0 Å². The minimum Gasteiger partial charge on any atom is -0.253 e. The van der Waals surface area contributed by atoms with Gasteiger partial charge in [-0.3, -0.25) is 4.98 Å². The summed E-state index contributed by atoms with van der Waals surface area (Å²) in [7, 11) is 0. The molecule has 13 heavy (non-hydrogen) atoms. The van der Waals surface area contributed by atoms with Crippen molar-refractivity contribution in [3.63, 3.8) is 0 Å². The fourth-order valence-electron chi connectivity index (χ4n) is 1.10. The van der Waals surface area contributed by atoms with E-state index in [0.29, 0.717) is 0 Å². The molecule has 2 aromatic rings. The van der Waals surface area contributed by atoms with E-state index in [1.165, 1.54) is 0 Å². The Bertz CT molecular complexity index is 429. The Morgan fingerprint density at radius 3 is 2.46 bits per heavy atom. The van der Waals surface area contributed by atoms with E-state index >= 15 is 0 Å². The van der Waals surface area contributed by atoms with Crippen LogP contribution in [-0.2, 0) is 0 Å². The average Bonchev–Trinajstić information content (AvgIpc) is 2.17. The quantitative estimate of drug-likeness (QED) is 0.556. The molecule has 66 valence electrons. The monoisotopic (exact) mass is 208 g/mol. The predicted octanol–water partition coefficient (Wildman–Crippen LogP) is 2.49. The number of hydrogen-bond acceptors (Lipinski definition) is 4. The van der Waals surface area contributed by atoms with Gasteiger partial charge in [0.2, 0.25) is 0 Å². The van der Waals surface area contributed by atoms with Crippen molar-refractivity contribution < 1.29 is 0 Å². The van der Waals surface area contributed by atoms with E-state index in [-0.39, 0.29) is 4.58 Å². The first-order chi connectivity index (χ1) is 6.27. The molecule has 1 aromatic heterocycles. The molecule has 1 heterocycles. The molecular formula is C9H8N2S2. The third-order valence-electron chi connectivity index (χ3n) is 1.73. The van der Waals surface area contributed by atoms with Crippen LogP contribution in [0.3, 0.4) is 0 Å². The highest BCUT2D eigenvalue weighted by Gasteiger charge is 2.03. The molecule has 1 aromatic carbocycles. The van der Waals surface area contributed by atoms with Crippen LogP contribution in [-0.4, -0.2) is 9.97 Å². The van der Waals surface area contributed by atoms with Gasteiger partial charge in [0.1, 0.15) is 0 Å². The van der Waals surface area contributed by atoms with E-state index in [1.54, 1.807) is 6.20 Å². The number of rotatable bonds is 1. The zero-order chi connectivity index (χ0) is 9.26. The predicted molar refractivity (Wildman–Crippen MR) is 60.3 cm³/mol. The molecule has 0 amide bonds. The second-order valence-corrected chi connectivity index (χ2v) is 4.10. The fourth-order valence-corrected chi connectivity index (χ4v) is 1.34. The van der Waals surface area contributed by atoms with Crippen LogP contribution < -0.4 is 0 Å². The van der Waals surface area contributed by atoms with E-state index < -0.39 is 0 Å². The van der Waals surface area contributed by atoms with Gasteiger partial charge in [-0.05, 0) is 12.1 Å². The number of nitrogens with zero attached hydrogens (tertiary/aromatic N) is 2. The molecule has 2 rings (SSSR count). The zero-order valence-corrected chi connectivity index (χ0v) is 8.54. The lowest BCUT2D eigenvalue weighted by Crippen LogP contribution is -1.91. The maximum atomic E-state index is 4.36. The van der Waals surface area contributed by atoms with Gasteiger partial charge in [-0.25, -0.2) is 4.98 Å². The molecule has 0 radical (unpaired) electrons. The average molecular weight is 208 g/mol. The van der Waals surface area contributed by atoms with Gasteiger partial charge in [0, 0.05) is 0 Å². The van der Waals surface area contributed by atoms with Crippen molar-refractivity contribution in [2.45, 2.75) is 4.58 Å². The summed E-state index contributed by atoms with van der Waals surface area (Å²) >= 11 is 8.35. The first kappa shape index (κ1) is 8.84. The summed E-state index contributed by atoms with van der Waals surface area (Å²) in [5.41, 5.74) is 2.56. The van der Waals surface area contributed by atoms with Crippen molar-refractivity contribution in [2.24, 2.45) is 0 Å². The van der Waals surface area contributed by atoms with E-state index in [4.69, 9.17) is 0 Å². The summed E-state index contributed by atoms with van der Waals surface area (Å²) in [4.78, 5) is 8.60. The number of hydrogen-bond donors (Lipinski definition) is 2. The number of aromatic nitrogens is 2. The van der Waals surface area contributed by atoms with Crippen molar-refractivity contribution in [3.05, 3.63) is 36.2 Å². The highest BCUT2D eigenvalue weighted by molar-refractivity contribution is 7.98. The van der Waals surface area contributed by atoms with Crippen LogP contribution in [0.5, 0.6) is 0 Å². The van der Waals surface area contributed by atoms with Gasteiger partial charge < -0.3 is 0 Å². The van der Waals surface area contributed by atoms with Crippen LogP contribution in [0.15, 0.2) is 30.5 Å². The molecule has 0 unspecified atom stereocenters. The maximum Gasteiger partial charge on any atom is 0.0890 e. The second-order valence-electron chi connectivity index (χ2n) is 2.66. The first-order valence-corrected chi connectivity index (χ1v) is 4.88. The highest BCUT2D eigenvalue weighted by atomic mass is 32.2. The minimum atomic E-state index is -0.169. The van der Waals surface area contributed by atoms with E-state index in [1.807, 2.05) is 24.3 Å². The van der Waals surface area contributed by atoms with Crippen molar-refractivity contribution >= 4 is 36.3 Å². The van der Waals surface area contributed by atoms with Gasteiger partial charge in [-0.15, -0.1) is 0 Å². The smallest absolute Gasteiger partial charge is 0.0890 e. The van der Waals surface area contributed by atoms with Gasteiger partial charge in [-0.2, -0.15) is 25.3 Å². The molecule has 4 heteroatoms. The van der Waals surface area contributed by atoms with Crippen molar-refractivity contribution in [1.29, 1.82) is 0 Å². The Labute approximate surface area is 87.2 Å². The van der Waals surface area contributed by atoms with E-state index in [0.717, 1.165) is 16.7 Å². The summed E-state index contributed by atoms with van der Waals surface area (Å²) in [6.07, 6.45) is 1.70. The number of benzene rings is 1. The van der Waals surface area contributed by atoms with Crippen molar-refractivity contribution in [1.82, 2.24) is 9.97 Å². The van der Waals surface area contributed by atoms with Gasteiger partial charge in [0.25, 0.3) is 0 Å². The standard InChI is InChI=1S/C9H8N2S2/c12-9(13)8-5-10-6-3-1-2-4-7(6)11-8/h1-5,9,12-13H. The minimum absolute atomic E-state index is 0.169. The Morgan fingerprint density at radius 2 is 1.77 bits per heavy atom. The topological polar surface area (TPSA) is 25.8 Å². The molecule has 0 saturated heterocycles. The molecule has 0 spiro atoms. The van der Waals surface area contributed by atoms with Crippen molar-refractivity contribution in [2.75, 3.05) is 0 Å². The molecule has 0 N–H and O–H groups in total. The summed E-state index contributed by atoms with van der Waals surface area (Å²) in [6, 6.07) is 7.73. The molecule has 0 fully saturated rings. The SMILES string of the molecule is SC(S)c1cnc2ccccc2n1. The molecule has 2 nitrogen and oxygen atoms in total. The zero-order valence-electron chi connectivity index (χ0n) is 6.75. The van der Waals surface area contributed by atoms with Crippen LogP contribution in [0.1, 0.15) is 10.3 Å². The van der Waals surface area contributed by atoms with Crippen molar-refractivity contribution in [3.8, 4) is 0 Å². The van der Waals surface area contributed by atoms with Crippen LogP contribution in [0.25, 0.3) is 11.0 Å². The first-order valence-electron chi connectivity index (χ1n) is 3.85. The second kappa shape index (κ2) is 3.55. The highest BCUT2D eigenvalue weighted by Crippen LogP contribution is 2.22. The summed E-state index contributed by atoms with van der Waals surface area (Å²) in [5.74, 6) is 0. The summed E-state index contributed by atoms with van der Waals surface area (Å²) < 4.78 is -0.169. The van der Waals surface area contributed by atoms with Crippen LogP contribution in [0, 0.1) is 0 Å². The Kier molecular flexibility index (Phi) is 2.42. The van der Waals surface area contributed by atoms with Gasteiger partial charge >= 0.3 is 0 Å². The number of fused-ring (bicyclic) bond motifs is 1. The van der Waals surface area contributed by atoms with Crippen LogP contribution >= 0.6 is 25.3 Å². The third kappa shape index (κ3) is 1.78. The molecule has 0 aliphatic heterocycles. The molecule has 0 aliphatic rings. The largest absolute Gasteiger partial charge is 0.253 e. The lowest BCUT2D eigenvalue weighted by atomic mass is 10.3. The Morgan fingerprint density at radius 1 is 1.08 bits per heavy atom. The van der Waals surface area contributed by atoms with Gasteiger partial charge in [0.15, 0.2) is 0 Å². The Hall–Kier alpha value is -0.740. The number of para-hydroxylation sites is 2. The lowest BCUT2D eigenvalue weighted by Gasteiger charge is -2.02. The van der Waals surface area contributed by atoms with Gasteiger partial charge in [0.05, 0.1) is 27.5 Å². The normalized spacial score (nSPS) is 11.0. The molecule has 0 atom stereocenters. The van der Waals surface area contributed by atoms with E-state index in [9.17, 15) is 0 Å². The fraction of sp³-hybridized carbons (Fsp3) is 0.111. The molecular weight excluding hydrogens is 200 g/mol. The van der Waals surface area contributed by atoms with Gasteiger partial charge in [-0.1, -0.05) is 12.1 Å². The van der Waals surface area contributed by atoms with E-state index in [2.05, 4.69) is 35.2 Å². The summed E-state index contributed by atoms with van der Waals surface area (Å²) in [6.45, 7) is 0. The van der Waals surface area contributed by atoms with Crippen LogP contribution in [0.4, 0.5) is 0 Å². The number of thiol groups is 2. The maximum absolute atomic E-state index is 4.36. The lowest BCUT2D eigenvalue weighted by molar-refractivity contribution is 1.16. The summed E-state index contributed by atoms with van der Waals surface area (Å²) in [5, 5.41) is 0. The molecule has 0 aliphatic carbocycles. The Balaban J connectivity index is 2.62. The molecule has 0 saturated carbocycles.